The number of nitrogens with zero attached hydrogens (tertiary/aromatic N) is 2. The minimum atomic E-state index is -2.03. The van der Waals surface area contributed by atoms with Crippen molar-refractivity contribution in [2.45, 2.75) is 5.54 Å². The van der Waals surface area contributed by atoms with Gasteiger partial charge in [-0.1, -0.05) is 35.8 Å². The molecule has 2 aromatic rings. The summed E-state index contributed by atoms with van der Waals surface area (Å²) in [6.45, 7) is 3.53. The number of carboxylic acid groups (broad SMARTS) is 2. The molecule has 1 unspecified atom stereocenters. The van der Waals surface area contributed by atoms with Crippen molar-refractivity contribution in [2.75, 3.05) is 0 Å². The summed E-state index contributed by atoms with van der Waals surface area (Å²) >= 11 is 12.2. The molecule has 2 N–H and O–H groups in total. The van der Waals surface area contributed by atoms with Crippen molar-refractivity contribution in [2.24, 2.45) is 4.99 Å². The maximum Gasteiger partial charge on any atom is 0.341 e. The third-order valence-electron chi connectivity index (χ3n) is 3.88. The van der Waals surface area contributed by atoms with Crippen LogP contribution in [-0.2, 0) is 15.1 Å². The smallest absolute Gasteiger partial charge is 0.341 e. The van der Waals surface area contributed by atoms with Crippen LogP contribution in [0.5, 0.6) is 0 Å². The molecule has 8 heteroatoms. The number of aromatic nitrogens is 1. The molecule has 0 fully saturated rings. The van der Waals surface area contributed by atoms with Crippen molar-refractivity contribution in [3.05, 3.63) is 75.0 Å². The van der Waals surface area contributed by atoms with Crippen LogP contribution in [0.1, 0.15) is 5.56 Å². The van der Waals surface area contributed by atoms with Gasteiger partial charge in [0.25, 0.3) is 0 Å². The molecule has 0 aliphatic carbocycles. The molecule has 0 radical (unpaired) electrons. The first-order chi connectivity index (χ1) is 11.8. The van der Waals surface area contributed by atoms with Gasteiger partial charge in [0.1, 0.15) is 0 Å². The van der Waals surface area contributed by atoms with E-state index >= 15 is 0 Å². The summed E-state index contributed by atoms with van der Waals surface area (Å²) in [5.41, 5.74) is -2.38. The standard InChI is InChI=1S/C17H10Cl2N2O4/c1-8(15(22)23)14-13-11(19)5-10(18)6-12(13)21-17(14,16(24)25)9-3-2-4-20-7-9/h2-7H,1H2,(H,22,23)(H,24,25). The molecule has 1 aromatic carbocycles. The minimum Gasteiger partial charge on any atom is -0.479 e. The van der Waals surface area contributed by atoms with E-state index in [0.29, 0.717) is 0 Å². The molecule has 0 bridgehead atoms. The maximum atomic E-state index is 12.3. The summed E-state index contributed by atoms with van der Waals surface area (Å²) in [4.78, 5) is 32.1. The van der Waals surface area contributed by atoms with Crippen LogP contribution in [0.3, 0.4) is 0 Å². The molecule has 1 atom stereocenters. The Kier molecular flexibility index (Phi) is 4.10. The Labute approximate surface area is 151 Å². The van der Waals surface area contributed by atoms with Crippen LogP contribution < -0.4 is 10.6 Å². The molecule has 0 amide bonds. The van der Waals surface area contributed by atoms with Gasteiger partial charge in [-0.15, -0.1) is 0 Å². The Morgan fingerprint density at radius 2 is 1.92 bits per heavy atom. The fourth-order valence-corrected chi connectivity index (χ4v) is 3.43. The second kappa shape index (κ2) is 5.98. The Morgan fingerprint density at radius 3 is 2.48 bits per heavy atom. The number of fused-ring (bicyclic) bond motifs is 1. The van der Waals surface area contributed by atoms with Crippen molar-refractivity contribution in [3.63, 3.8) is 0 Å². The van der Waals surface area contributed by atoms with E-state index in [4.69, 9.17) is 23.2 Å². The summed E-state index contributed by atoms with van der Waals surface area (Å²) in [5.74, 6) is -2.75. The molecule has 6 nitrogen and oxygen atoms in total. The van der Waals surface area contributed by atoms with E-state index in [1.165, 1.54) is 36.7 Å². The first-order valence-corrected chi connectivity index (χ1v) is 7.71. The topological polar surface area (TPSA) is 99.8 Å². The van der Waals surface area contributed by atoms with Gasteiger partial charge in [0.2, 0.25) is 5.54 Å². The lowest BCUT2D eigenvalue weighted by molar-refractivity contribution is -0.141. The number of aliphatic carboxylic acids is 2. The Balaban J connectivity index is 2.55. The van der Waals surface area contributed by atoms with E-state index in [1.807, 2.05) is 0 Å². The number of carbonyl (C=O) groups is 2. The van der Waals surface area contributed by atoms with Crippen molar-refractivity contribution in [1.29, 1.82) is 0 Å². The zero-order chi connectivity index (χ0) is 18.4. The van der Waals surface area contributed by atoms with Gasteiger partial charge in [0, 0.05) is 33.8 Å². The summed E-state index contributed by atoms with van der Waals surface area (Å²) < 4.78 is 0. The highest BCUT2D eigenvalue weighted by Crippen LogP contribution is 2.40. The van der Waals surface area contributed by atoms with Gasteiger partial charge in [-0.3, -0.25) is 9.98 Å². The van der Waals surface area contributed by atoms with Crippen LogP contribution in [0.25, 0.3) is 5.57 Å². The highest BCUT2D eigenvalue weighted by Gasteiger charge is 2.49. The summed E-state index contributed by atoms with van der Waals surface area (Å²) in [6, 6.07) is 5.86. The van der Waals surface area contributed by atoms with Crippen LogP contribution in [0.4, 0.5) is 0 Å². The molecule has 0 spiro atoms. The van der Waals surface area contributed by atoms with E-state index in [2.05, 4.69) is 16.6 Å². The Morgan fingerprint density at radius 1 is 1.20 bits per heavy atom. The molecule has 0 saturated carbocycles. The zero-order valence-electron chi connectivity index (χ0n) is 12.5. The van der Waals surface area contributed by atoms with E-state index in [1.54, 1.807) is 0 Å². The molecule has 2 heterocycles. The minimum absolute atomic E-state index is 0.0932. The summed E-state index contributed by atoms with van der Waals surface area (Å²) in [6.07, 6.45) is 2.78. The monoisotopic (exact) mass is 376 g/mol. The maximum absolute atomic E-state index is 12.3. The lowest BCUT2D eigenvalue weighted by Crippen LogP contribution is -2.37. The van der Waals surface area contributed by atoms with E-state index in [-0.39, 0.29) is 31.8 Å². The van der Waals surface area contributed by atoms with Gasteiger partial charge in [-0.25, -0.2) is 9.59 Å². The fraction of sp³-hybridized carbons (Fsp3) is 0.0588. The highest BCUT2D eigenvalue weighted by atomic mass is 35.5. The molecule has 25 heavy (non-hydrogen) atoms. The molecule has 126 valence electrons. The molecule has 1 aromatic heterocycles. The van der Waals surface area contributed by atoms with Gasteiger partial charge in [-0.05, 0) is 18.2 Å². The average Bonchev–Trinajstić information content (AvgIpc) is 2.91. The largest absolute Gasteiger partial charge is 0.479 e. The number of rotatable bonds is 4. The van der Waals surface area contributed by atoms with E-state index < -0.39 is 23.1 Å². The molecular formula is C17H10Cl2N2O4. The second-order valence-corrected chi connectivity index (χ2v) is 6.15. The molecule has 1 aliphatic rings. The van der Waals surface area contributed by atoms with Crippen LogP contribution in [0.2, 0.25) is 10.0 Å². The average molecular weight is 377 g/mol. The third-order valence-corrected chi connectivity index (χ3v) is 4.40. The SMILES string of the molecule is C=C(C(=O)O)C1=c2c(Cl)cc(Cl)cc2=NC1(C(=O)O)c1cccnc1. The lowest BCUT2D eigenvalue weighted by atomic mass is 9.80. The van der Waals surface area contributed by atoms with Gasteiger partial charge in [-0.2, -0.15) is 0 Å². The van der Waals surface area contributed by atoms with Crippen LogP contribution >= 0.6 is 23.2 Å². The van der Waals surface area contributed by atoms with Crippen LogP contribution in [-0.4, -0.2) is 27.1 Å². The lowest BCUT2D eigenvalue weighted by Gasteiger charge is -2.25. The summed E-state index contributed by atoms with van der Waals surface area (Å²) in [5, 5.41) is 20.1. The number of carboxylic acids is 2. The Hall–Kier alpha value is -2.70. The van der Waals surface area contributed by atoms with Crippen molar-refractivity contribution >= 4 is 40.7 Å². The first-order valence-electron chi connectivity index (χ1n) is 6.95. The quantitative estimate of drug-likeness (QED) is 0.792. The number of halogens is 2. The van der Waals surface area contributed by atoms with Crippen molar-refractivity contribution < 1.29 is 19.8 Å². The predicted molar refractivity (Wildman–Crippen MR) is 91.0 cm³/mol. The number of hydrogen-bond acceptors (Lipinski definition) is 4. The molecule has 1 aliphatic heterocycles. The summed E-state index contributed by atoms with van der Waals surface area (Å²) in [7, 11) is 0. The van der Waals surface area contributed by atoms with Gasteiger partial charge >= 0.3 is 11.9 Å². The predicted octanol–water partition coefficient (Wildman–Crippen LogP) is 1.79. The van der Waals surface area contributed by atoms with Crippen LogP contribution in [0, 0.1) is 0 Å². The van der Waals surface area contributed by atoms with E-state index in [0.717, 1.165) is 0 Å². The zero-order valence-corrected chi connectivity index (χ0v) is 14.0. The second-order valence-electron chi connectivity index (χ2n) is 5.31. The fourth-order valence-electron chi connectivity index (χ4n) is 2.85. The Bertz CT molecular complexity index is 1050. The highest BCUT2D eigenvalue weighted by molar-refractivity contribution is 6.35. The van der Waals surface area contributed by atoms with Crippen LogP contribution in [0.15, 0.2) is 53.8 Å². The normalized spacial score (nSPS) is 18.4. The van der Waals surface area contributed by atoms with Gasteiger partial charge in [0.05, 0.1) is 16.0 Å². The molecular weight excluding hydrogens is 367 g/mol. The van der Waals surface area contributed by atoms with Gasteiger partial charge < -0.3 is 10.2 Å². The molecule has 0 saturated heterocycles. The number of benzene rings is 1. The van der Waals surface area contributed by atoms with Gasteiger partial charge in [0.15, 0.2) is 0 Å². The third kappa shape index (κ3) is 2.50. The van der Waals surface area contributed by atoms with E-state index in [9.17, 15) is 19.8 Å². The number of pyridine rings is 1. The molecule has 3 rings (SSSR count). The first kappa shape index (κ1) is 17.1. The van der Waals surface area contributed by atoms with Crippen molar-refractivity contribution in [3.8, 4) is 0 Å². The number of hydrogen-bond donors (Lipinski definition) is 2. The van der Waals surface area contributed by atoms with Crippen molar-refractivity contribution in [1.82, 2.24) is 4.98 Å².